The Bertz CT molecular complexity index is 1410. The van der Waals surface area contributed by atoms with Crippen LogP contribution in [0.4, 0.5) is 0 Å². The first-order valence-electron chi connectivity index (χ1n) is 8.80. The first kappa shape index (κ1) is 20.5. The highest BCUT2D eigenvalue weighted by Gasteiger charge is 2.20. The van der Waals surface area contributed by atoms with Crippen LogP contribution >= 0.6 is 34.8 Å². The summed E-state index contributed by atoms with van der Waals surface area (Å²) in [7, 11) is 3.18. The minimum absolute atomic E-state index is 0.00683. The summed E-state index contributed by atoms with van der Waals surface area (Å²) in [6.45, 7) is -0.00683. The predicted octanol–water partition coefficient (Wildman–Crippen LogP) is 4.23. The SMILES string of the molecule is Cn1c(Oc2cccc(Cl)c2)nc2c1c(=O)n(Cc1ccc(Cl)cc1Cl)c(=O)n2C. The number of ether oxygens (including phenoxy) is 1. The van der Waals surface area contributed by atoms with Gasteiger partial charge >= 0.3 is 11.7 Å². The Labute approximate surface area is 185 Å². The second kappa shape index (κ2) is 7.83. The summed E-state index contributed by atoms with van der Waals surface area (Å²) in [5.41, 5.74) is 0.000337. The Kier molecular flexibility index (Phi) is 5.36. The van der Waals surface area contributed by atoms with Crippen molar-refractivity contribution in [2.24, 2.45) is 14.1 Å². The van der Waals surface area contributed by atoms with Gasteiger partial charge < -0.3 is 4.74 Å². The van der Waals surface area contributed by atoms with Crippen LogP contribution in [0.2, 0.25) is 15.1 Å². The highest BCUT2D eigenvalue weighted by Crippen LogP contribution is 2.25. The molecule has 0 amide bonds. The van der Waals surface area contributed by atoms with Gasteiger partial charge in [-0.1, -0.05) is 46.9 Å². The number of imidazole rings is 1. The number of halogens is 3. The normalized spacial score (nSPS) is 11.2. The minimum Gasteiger partial charge on any atom is -0.425 e. The Balaban J connectivity index is 1.85. The number of aromatic nitrogens is 4. The van der Waals surface area contributed by atoms with Gasteiger partial charge in [-0.15, -0.1) is 0 Å². The van der Waals surface area contributed by atoms with E-state index >= 15 is 0 Å². The Morgan fingerprint density at radius 2 is 1.70 bits per heavy atom. The zero-order chi connectivity index (χ0) is 21.6. The molecule has 0 aliphatic heterocycles. The van der Waals surface area contributed by atoms with Gasteiger partial charge in [0, 0.05) is 29.2 Å². The van der Waals surface area contributed by atoms with Crippen LogP contribution in [-0.2, 0) is 20.6 Å². The van der Waals surface area contributed by atoms with Gasteiger partial charge in [-0.2, -0.15) is 4.98 Å². The van der Waals surface area contributed by atoms with Crippen molar-refractivity contribution >= 4 is 46.0 Å². The van der Waals surface area contributed by atoms with Gasteiger partial charge in [0.15, 0.2) is 11.2 Å². The van der Waals surface area contributed by atoms with Crippen molar-refractivity contribution in [3.63, 3.8) is 0 Å². The van der Waals surface area contributed by atoms with E-state index in [4.69, 9.17) is 39.5 Å². The highest BCUT2D eigenvalue weighted by atomic mass is 35.5. The molecular formula is C20H15Cl3N4O3. The third-order valence-corrected chi connectivity index (χ3v) is 5.49. The van der Waals surface area contributed by atoms with Gasteiger partial charge in [-0.3, -0.25) is 18.5 Å². The van der Waals surface area contributed by atoms with Crippen LogP contribution < -0.4 is 16.0 Å². The molecule has 154 valence electrons. The fraction of sp³-hybridized carbons (Fsp3) is 0.150. The van der Waals surface area contributed by atoms with Crippen molar-refractivity contribution in [2.45, 2.75) is 6.54 Å². The standard InChI is InChI=1S/C20H15Cl3N4O3/c1-25-16-17(24-19(25)30-14-5-3-4-12(21)8-14)26(2)20(29)27(18(16)28)10-11-6-7-13(22)9-15(11)23/h3-9H,10H2,1-2H3. The van der Waals surface area contributed by atoms with E-state index in [1.165, 1.54) is 9.13 Å². The van der Waals surface area contributed by atoms with Crippen LogP contribution in [0.1, 0.15) is 5.56 Å². The van der Waals surface area contributed by atoms with Gasteiger partial charge in [-0.05, 0) is 35.9 Å². The number of nitrogens with zero attached hydrogens (tertiary/aromatic N) is 4. The lowest BCUT2D eigenvalue weighted by Crippen LogP contribution is -2.39. The molecule has 0 aliphatic rings. The van der Waals surface area contributed by atoms with E-state index < -0.39 is 11.2 Å². The average molecular weight is 466 g/mol. The maximum absolute atomic E-state index is 13.2. The third kappa shape index (κ3) is 3.60. The molecule has 0 aliphatic carbocycles. The van der Waals surface area contributed by atoms with E-state index in [1.807, 2.05) is 0 Å². The smallest absolute Gasteiger partial charge is 0.332 e. The van der Waals surface area contributed by atoms with E-state index in [2.05, 4.69) is 4.98 Å². The number of fused-ring (bicyclic) bond motifs is 1. The molecule has 7 nitrogen and oxygen atoms in total. The van der Waals surface area contributed by atoms with Crippen LogP contribution in [0.25, 0.3) is 11.2 Å². The fourth-order valence-electron chi connectivity index (χ4n) is 3.11. The molecule has 0 saturated carbocycles. The van der Waals surface area contributed by atoms with Crippen molar-refractivity contribution in [3.05, 3.63) is 83.9 Å². The molecular weight excluding hydrogens is 451 g/mol. The molecule has 4 rings (SSSR count). The van der Waals surface area contributed by atoms with Crippen LogP contribution in [0, 0.1) is 0 Å². The monoisotopic (exact) mass is 464 g/mol. The Morgan fingerprint density at radius 3 is 2.40 bits per heavy atom. The second-order valence-electron chi connectivity index (χ2n) is 6.65. The largest absolute Gasteiger partial charge is 0.425 e. The lowest BCUT2D eigenvalue weighted by Gasteiger charge is -2.10. The van der Waals surface area contributed by atoms with Crippen molar-refractivity contribution in [1.82, 2.24) is 18.7 Å². The van der Waals surface area contributed by atoms with Crippen molar-refractivity contribution in [3.8, 4) is 11.8 Å². The molecule has 2 aromatic carbocycles. The summed E-state index contributed by atoms with van der Waals surface area (Å²) in [6, 6.07) is 11.8. The van der Waals surface area contributed by atoms with Crippen molar-refractivity contribution in [2.75, 3.05) is 0 Å². The quantitative estimate of drug-likeness (QED) is 0.452. The fourth-order valence-corrected chi connectivity index (χ4v) is 3.76. The molecule has 10 heteroatoms. The zero-order valence-electron chi connectivity index (χ0n) is 15.9. The van der Waals surface area contributed by atoms with E-state index in [9.17, 15) is 9.59 Å². The minimum atomic E-state index is -0.522. The summed E-state index contributed by atoms with van der Waals surface area (Å²) in [5.74, 6) is 0.458. The van der Waals surface area contributed by atoms with E-state index in [0.717, 1.165) is 4.57 Å². The molecule has 0 fully saturated rings. The molecule has 2 heterocycles. The highest BCUT2D eigenvalue weighted by molar-refractivity contribution is 6.35. The topological polar surface area (TPSA) is 71.1 Å². The maximum Gasteiger partial charge on any atom is 0.332 e. The van der Waals surface area contributed by atoms with Gasteiger partial charge in [-0.25, -0.2) is 4.79 Å². The second-order valence-corrected chi connectivity index (χ2v) is 7.93. The Morgan fingerprint density at radius 1 is 0.967 bits per heavy atom. The molecule has 0 unspecified atom stereocenters. The summed E-state index contributed by atoms with van der Waals surface area (Å²) in [6.07, 6.45) is 0. The molecule has 30 heavy (non-hydrogen) atoms. The molecule has 0 bridgehead atoms. The molecule has 2 aromatic heterocycles. The zero-order valence-corrected chi connectivity index (χ0v) is 18.2. The number of rotatable bonds is 4. The maximum atomic E-state index is 13.2. The third-order valence-electron chi connectivity index (χ3n) is 4.67. The van der Waals surface area contributed by atoms with Crippen molar-refractivity contribution in [1.29, 1.82) is 0 Å². The summed E-state index contributed by atoms with van der Waals surface area (Å²) >= 11 is 18.2. The average Bonchev–Trinajstić information content (AvgIpc) is 3.01. The molecule has 0 atom stereocenters. The molecule has 0 N–H and O–H groups in total. The number of aryl methyl sites for hydroxylation is 2. The van der Waals surface area contributed by atoms with Crippen LogP contribution in [0.3, 0.4) is 0 Å². The van der Waals surface area contributed by atoms with Crippen molar-refractivity contribution < 1.29 is 4.74 Å². The van der Waals surface area contributed by atoms with Gasteiger partial charge in [0.2, 0.25) is 0 Å². The number of hydrogen-bond acceptors (Lipinski definition) is 4. The van der Waals surface area contributed by atoms with Gasteiger partial charge in [0.1, 0.15) is 5.75 Å². The van der Waals surface area contributed by atoms with E-state index in [1.54, 1.807) is 56.6 Å². The molecule has 0 radical (unpaired) electrons. The predicted molar refractivity (Wildman–Crippen MR) is 117 cm³/mol. The molecule has 0 saturated heterocycles. The lowest BCUT2D eigenvalue weighted by atomic mass is 10.2. The summed E-state index contributed by atoms with van der Waals surface area (Å²) in [5, 5.41) is 1.33. The van der Waals surface area contributed by atoms with Crippen LogP contribution in [0.15, 0.2) is 52.1 Å². The van der Waals surface area contributed by atoms with Gasteiger partial charge in [0.05, 0.1) is 6.54 Å². The number of benzene rings is 2. The van der Waals surface area contributed by atoms with E-state index in [-0.39, 0.29) is 23.7 Å². The number of hydrogen-bond donors (Lipinski definition) is 0. The van der Waals surface area contributed by atoms with Crippen LogP contribution in [-0.4, -0.2) is 18.7 Å². The lowest BCUT2D eigenvalue weighted by molar-refractivity contribution is 0.427. The van der Waals surface area contributed by atoms with Crippen LogP contribution in [0.5, 0.6) is 11.8 Å². The first-order chi connectivity index (χ1) is 14.3. The molecule has 0 spiro atoms. The van der Waals surface area contributed by atoms with Gasteiger partial charge in [0.25, 0.3) is 5.56 Å². The summed E-state index contributed by atoms with van der Waals surface area (Å²) < 4.78 is 9.68. The molecule has 4 aromatic rings. The Hall–Kier alpha value is -2.74. The van der Waals surface area contributed by atoms with E-state index in [0.29, 0.717) is 26.4 Å². The summed E-state index contributed by atoms with van der Waals surface area (Å²) in [4.78, 5) is 30.4. The first-order valence-corrected chi connectivity index (χ1v) is 9.93.